The topological polar surface area (TPSA) is 32.3 Å². The Hall–Kier alpha value is -1.94. The Morgan fingerprint density at radius 3 is 2.15 bits per heavy atom. The Morgan fingerprint density at radius 2 is 1.60 bits per heavy atom. The maximum Gasteiger partial charge on any atom is 0.239 e. The zero-order chi connectivity index (χ0) is 13.9. The van der Waals surface area contributed by atoms with Crippen LogP contribution in [-0.4, -0.2) is 19.0 Å². The molecule has 1 N–H and O–H groups in total. The molecule has 2 aromatic carbocycles. The molecule has 0 aromatic heterocycles. The summed E-state index contributed by atoms with van der Waals surface area (Å²) in [5.74, 6) is 0.0454. The molecule has 3 rings (SSSR count). The number of carbonyl (C=O) groups excluding carboxylic acids is 1. The van der Waals surface area contributed by atoms with E-state index >= 15 is 0 Å². The van der Waals surface area contributed by atoms with Gasteiger partial charge in [-0.2, -0.15) is 0 Å². The number of benzene rings is 2. The van der Waals surface area contributed by atoms with Crippen molar-refractivity contribution in [2.75, 3.05) is 18.0 Å². The molecular weight excluding hydrogens is 268 g/mol. The molecule has 0 fully saturated rings. The quantitative estimate of drug-likeness (QED) is 0.937. The van der Waals surface area contributed by atoms with Gasteiger partial charge in [-0.25, -0.2) is 0 Å². The van der Waals surface area contributed by atoms with Gasteiger partial charge in [-0.15, -0.1) is 0 Å². The average molecular weight is 284 g/mol. The van der Waals surface area contributed by atoms with Crippen LogP contribution in [0.4, 0.5) is 11.4 Å². The molecule has 102 valence electrons. The van der Waals surface area contributed by atoms with Crippen molar-refractivity contribution in [2.45, 2.75) is 16.7 Å². The summed E-state index contributed by atoms with van der Waals surface area (Å²) in [6, 6.07) is 16.4. The van der Waals surface area contributed by atoms with Crippen LogP contribution >= 0.6 is 11.8 Å². The molecule has 1 aliphatic rings. The highest BCUT2D eigenvalue weighted by Gasteiger charge is 2.24. The number of amides is 1. The van der Waals surface area contributed by atoms with E-state index in [2.05, 4.69) is 34.5 Å². The van der Waals surface area contributed by atoms with Crippen LogP contribution in [0.1, 0.15) is 6.92 Å². The smallest absolute Gasteiger partial charge is 0.239 e. The van der Waals surface area contributed by atoms with E-state index < -0.39 is 0 Å². The minimum atomic E-state index is 0.0454. The first-order chi connectivity index (χ1) is 9.79. The number of carbonyl (C=O) groups is 1. The van der Waals surface area contributed by atoms with Gasteiger partial charge in [0.1, 0.15) is 6.54 Å². The van der Waals surface area contributed by atoms with E-state index in [1.165, 1.54) is 9.79 Å². The molecule has 1 amide bonds. The normalized spacial score (nSPS) is 12.6. The summed E-state index contributed by atoms with van der Waals surface area (Å²) >= 11 is 1.75. The second kappa shape index (κ2) is 5.59. The Balaban J connectivity index is 2.01. The lowest BCUT2D eigenvalue weighted by atomic mass is 10.2. The van der Waals surface area contributed by atoms with Gasteiger partial charge in [-0.05, 0) is 31.2 Å². The average Bonchev–Trinajstić information content (AvgIpc) is 2.47. The van der Waals surface area contributed by atoms with E-state index in [9.17, 15) is 4.79 Å². The molecule has 0 atom stereocenters. The van der Waals surface area contributed by atoms with Gasteiger partial charge in [-0.3, -0.25) is 4.79 Å². The van der Waals surface area contributed by atoms with Crippen LogP contribution in [0.15, 0.2) is 58.3 Å². The molecule has 2 aromatic rings. The maximum atomic E-state index is 12.0. The van der Waals surface area contributed by atoms with Crippen LogP contribution in [0.25, 0.3) is 0 Å². The summed E-state index contributed by atoms with van der Waals surface area (Å²) < 4.78 is 0. The van der Waals surface area contributed by atoms with E-state index in [1.54, 1.807) is 11.8 Å². The minimum Gasteiger partial charge on any atom is -0.355 e. The molecule has 4 heteroatoms. The first-order valence-electron chi connectivity index (χ1n) is 6.69. The number of hydrogen-bond acceptors (Lipinski definition) is 3. The summed E-state index contributed by atoms with van der Waals surface area (Å²) in [6.07, 6.45) is 0. The van der Waals surface area contributed by atoms with E-state index in [-0.39, 0.29) is 5.91 Å². The van der Waals surface area contributed by atoms with Crippen molar-refractivity contribution in [3.05, 3.63) is 48.5 Å². The fourth-order valence-electron chi connectivity index (χ4n) is 2.35. The summed E-state index contributed by atoms with van der Waals surface area (Å²) in [5.41, 5.74) is 2.20. The number of anilines is 2. The Bertz CT molecular complexity index is 596. The van der Waals surface area contributed by atoms with Gasteiger partial charge in [0.25, 0.3) is 0 Å². The van der Waals surface area contributed by atoms with Gasteiger partial charge in [0.2, 0.25) is 5.91 Å². The van der Waals surface area contributed by atoms with Gasteiger partial charge >= 0.3 is 0 Å². The third kappa shape index (κ3) is 2.39. The first kappa shape index (κ1) is 13.1. The monoisotopic (exact) mass is 284 g/mol. The lowest BCUT2D eigenvalue weighted by Gasteiger charge is -2.32. The lowest BCUT2D eigenvalue weighted by Crippen LogP contribution is -2.35. The van der Waals surface area contributed by atoms with Crippen molar-refractivity contribution in [1.82, 2.24) is 5.32 Å². The van der Waals surface area contributed by atoms with Crippen LogP contribution in [0.3, 0.4) is 0 Å². The summed E-state index contributed by atoms with van der Waals surface area (Å²) in [7, 11) is 0. The van der Waals surface area contributed by atoms with Gasteiger partial charge in [-0.1, -0.05) is 36.0 Å². The van der Waals surface area contributed by atoms with Crippen molar-refractivity contribution < 1.29 is 4.79 Å². The Labute approximate surface area is 123 Å². The summed E-state index contributed by atoms with van der Waals surface area (Å²) in [4.78, 5) is 16.4. The molecular formula is C16H16N2OS. The van der Waals surface area contributed by atoms with Gasteiger partial charge in [0.05, 0.1) is 11.4 Å². The lowest BCUT2D eigenvalue weighted by molar-refractivity contribution is -0.119. The molecule has 0 bridgehead atoms. The minimum absolute atomic E-state index is 0.0454. The van der Waals surface area contributed by atoms with Crippen molar-refractivity contribution in [3.63, 3.8) is 0 Å². The van der Waals surface area contributed by atoms with Gasteiger partial charge in [0.15, 0.2) is 0 Å². The fourth-order valence-corrected chi connectivity index (χ4v) is 3.44. The molecule has 3 nitrogen and oxygen atoms in total. The van der Waals surface area contributed by atoms with E-state index in [4.69, 9.17) is 0 Å². The van der Waals surface area contributed by atoms with Crippen molar-refractivity contribution in [2.24, 2.45) is 0 Å². The second-order valence-electron chi connectivity index (χ2n) is 4.58. The van der Waals surface area contributed by atoms with E-state index in [0.29, 0.717) is 13.1 Å². The third-order valence-electron chi connectivity index (χ3n) is 3.21. The predicted octanol–water partition coefficient (Wildman–Crippen LogP) is 3.43. The molecule has 0 saturated carbocycles. The van der Waals surface area contributed by atoms with Crippen molar-refractivity contribution >= 4 is 29.0 Å². The van der Waals surface area contributed by atoms with Crippen molar-refractivity contribution in [1.29, 1.82) is 0 Å². The maximum absolute atomic E-state index is 12.0. The Kier molecular flexibility index (Phi) is 3.65. The largest absolute Gasteiger partial charge is 0.355 e. The van der Waals surface area contributed by atoms with Crippen LogP contribution in [0.5, 0.6) is 0 Å². The molecule has 0 saturated heterocycles. The van der Waals surface area contributed by atoms with Gasteiger partial charge < -0.3 is 10.2 Å². The SMILES string of the molecule is CCNC(=O)CN1c2ccccc2Sc2ccccc21. The number of nitrogens with one attached hydrogen (secondary N) is 1. The van der Waals surface area contributed by atoms with Crippen molar-refractivity contribution in [3.8, 4) is 0 Å². The van der Waals surface area contributed by atoms with Crippen LogP contribution in [0.2, 0.25) is 0 Å². The number of nitrogens with zero attached hydrogens (tertiary/aromatic N) is 1. The predicted molar refractivity (Wildman–Crippen MR) is 82.7 cm³/mol. The highest BCUT2D eigenvalue weighted by Crippen LogP contribution is 2.47. The number of rotatable bonds is 3. The fraction of sp³-hybridized carbons (Fsp3) is 0.188. The third-order valence-corrected chi connectivity index (χ3v) is 4.34. The molecule has 0 radical (unpaired) electrons. The summed E-state index contributed by atoms with van der Waals surface area (Å²) in [5, 5.41) is 2.87. The number of likely N-dealkylation sites (N-methyl/N-ethyl adjacent to an activating group) is 1. The van der Waals surface area contributed by atoms with Crippen LogP contribution in [0, 0.1) is 0 Å². The zero-order valence-corrected chi connectivity index (χ0v) is 12.1. The molecule has 1 aliphatic heterocycles. The molecule has 20 heavy (non-hydrogen) atoms. The number of fused-ring (bicyclic) bond motifs is 2. The molecule has 0 aliphatic carbocycles. The highest BCUT2D eigenvalue weighted by molar-refractivity contribution is 7.99. The number of hydrogen-bond donors (Lipinski definition) is 1. The standard InChI is InChI=1S/C16H16N2OS/c1-2-17-16(19)11-18-12-7-3-5-9-14(12)20-15-10-6-4-8-13(15)18/h3-10H,2,11H2,1H3,(H,17,19). The van der Waals surface area contributed by atoms with E-state index in [0.717, 1.165) is 11.4 Å². The highest BCUT2D eigenvalue weighted by atomic mass is 32.2. The molecule has 0 unspecified atom stereocenters. The zero-order valence-electron chi connectivity index (χ0n) is 11.3. The van der Waals surface area contributed by atoms with E-state index in [1.807, 2.05) is 31.2 Å². The number of para-hydroxylation sites is 2. The van der Waals surface area contributed by atoms with Gasteiger partial charge in [0, 0.05) is 16.3 Å². The Morgan fingerprint density at radius 1 is 1.05 bits per heavy atom. The molecule has 1 heterocycles. The van der Waals surface area contributed by atoms with Crippen LogP contribution < -0.4 is 10.2 Å². The molecule has 0 spiro atoms. The second-order valence-corrected chi connectivity index (χ2v) is 5.66. The van der Waals surface area contributed by atoms with Crippen LogP contribution in [-0.2, 0) is 4.79 Å². The summed E-state index contributed by atoms with van der Waals surface area (Å²) in [6.45, 7) is 2.94. The first-order valence-corrected chi connectivity index (χ1v) is 7.51.